The molecule has 4 aliphatic carbocycles. The number of hydrogen-bond donors (Lipinski definition) is 2. The van der Waals surface area contributed by atoms with Gasteiger partial charge in [-0.3, -0.25) is 5.10 Å². The third-order valence-corrected chi connectivity index (χ3v) is 5.97. The molecule has 0 unspecified atom stereocenters. The van der Waals surface area contributed by atoms with Gasteiger partial charge in [0.2, 0.25) is 0 Å². The van der Waals surface area contributed by atoms with Gasteiger partial charge in [0.05, 0.1) is 0 Å². The van der Waals surface area contributed by atoms with Crippen molar-refractivity contribution in [1.82, 2.24) is 10.2 Å². The van der Waals surface area contributed by atoms with Gasteiger partial charge >= 0.3 is 0 Å². The summed E-state index contributed by atoms with van der Waals surface area (Å²) in [6.45, 7) is 0. The predicted molar refractivity (Wildman–Crippen MR) is 76.5 cm³/mol. The number of nitrogen functional groups attached to an aromatic ring is 1. The second-order valence-corrected chi connectivity index (χ2v) is 7.59. The van der Waals surface area contributed by atoms with Crippen molar-refractivity contribution in [3.8, 4) is 0 Å². The Morgan fingerprint density at radius 3 is 2.32 bits per heavy atom. The topological polar surface area (TPSA) is 54.7 Å². The Hall–Kier alpha value is -0.990. The molecule has 104 valence electrons. The van der Waals surface area contributed by atoms with E-state index in [4.69, 9.17) is 5.73 Å². The van der Waals surface area contributed by atoms with Crippen LogP contribution in [0.3, 0.4) is 0 Å². The first kappa shape index (κ1) is 11.8. The summed E-state index contributed by atoms with van der Waals surface area (Å²) in [4.78, 5) is 0. The van der Waals surface area contributed by atoms with Gasteiger partial charge < -0.3 is 5.73 Å². The minimum absolute atomic E-state index is 0.629. The molecule has 0 atom stereocenters. The number of rotatable bonds is 4. The van der Waals surface area contributed by atoms with E-state index in [2.05, 4.69) is 10.2 Å². The third-order valence-electron chi connectivity index (χ3n) is 5.97. The van der Waals surface area contributed by atoms with Crippen molar-refractivity contribution in [2.24, 2.45) is 23.2 Å². The van der Waals surface area contributed by atoms with Crippen LogP contribution in [-0.2, 0) is 6.42 Å². The summed E-state index contributed by atoms with van der Waals surface area (Å²) in [5.41, 5.74) is 7.59. The van der Waals surface area contributed by atoms with Crippen LogP contribution in [0.4, 0.5) is 5.82 Å². The number of aryl methyl sites for hydroxylation is 1. The van der Waals surface area contributed by atoms with E-state index < -0.39 is 0 Å². The number of nitrogens with two attached hydrogens (primary N) is 1. The zero-order chi connectivity index (χ0) is 12.9. The summed E-state index contributed by atoms with van der Waals surface area (Å²) in [6, 6.07) is 1.99. The first-order valence-corrected chi connectivity index (χ1v) is 8.01. The summed E-state index contributed by atoms with van der Waals surface area (Å²) in [6.07, 6.45) is 13.1. The standard InChI is InChI=1S/C16H25N3/c17-15-7-14(18-19-15)2-1-3-16-8-11-4-12(9-16)6-13(5-11)10-16/h7,11-13H,1-6,8-10H2,(H3,17,18,19). The highest BCUT2D eigenvalue weighted by atomic mass is 15.1. The summed E-state index contributed by atoms with van der Waals surface area (Å²) >= 11 is 0. The van der Waals surface area contributed by atoms with Gasteiger partial charge in [-0.2, -0.15) is 5.10 Å². The highest BCUT2D eigenvalue weighted by Gasteiger charge is 2.50. The monoisotopic (exact) mass is 259 g/mol. The van der Waals surface area contributed by atoms with Gasteiger partial charge in [0.15, 0.2) is 0 Å². The zero-order valence-corrected chi connectivity index (χ0v) is 11.7. The summed E-state index contributed by atoms with van der Waals surface area (Å²) < 4.78 is 0. The molecule has 4 aliphatic rings. The van der Waals surface area contributed by atoms with Gasteiger partial charge in [-0.1, -0.05) is 0 Å². The number of hydrogen-bond acceptors (Lipinski definition) is 2. The van der Waals surface area contributed by atoms with Gasteiger partial charge in [0.25, 0.3) is 0 Å². The van der Waals surface area contributed by atoms with Gasteiger partial charge in [-0.05, 0) is 81.0 Å². The smallest absolute Gasteiger partial charge is 0.145 e. The number of aromatic nitrogens is 2. The van der Waals surface area contributed by atoms with E-state index in [1.807, 2.05) is 6.07 Å². The number of nitrogens with zero attached hydrogens (tertiary/aromatic N) is 1. The van der Waals surface area contributed by atoms with E-state index in [1.54, 1.807) is 19.3 Å². The van der Waals surface area contributed by atoms with E-state index in [0.717, 1.165) is 29.6 Å². The Morgan fingerprint density at radius 1 is 1.16 bits per heavy atom. The lowest BCUT2D eigenvalue weighted by Crippen LogP contribution is -2.45. The quantitative estimate of drug-likeness (QED) is 0.869. The summed E-state index contributed by atoms with van der Waals surface area (Å²) in [7, 11) is 0. The molecule has 3 nitrogen and oxygen atoms in total. The van der Waals surface area contributed by atoms with Gasteiger partial charge in [-0.15, -0.1) is 0 Å². The van der Waals surface area contributed by atoms with Crippen LogP contribution in [0, 0.1) is 23.2 Å². The molecule has 0 radical (unpaired) electrons. The Morgan fingerprint density at radius 2 is 1.79 bits per heavy atom. The number of nitrogens with one attached hydrogen (secondary N) is 1. The molecule has 0 saturated heterocycles. The molecule has 5 rings (SSSR count). The van der Waals surface area contributed by atoms with Crippen molar-refractivity contribution in [3.05, 3.63) is 11.8 Å². The number of anilines is 1. The minimum Gasteiger partial charge on any atom is -0.382 e. The average molecular weight is 259 g/mol. The van der Waals surface area contributed by atoms with Crippen LogP contribution in [0.1, 0.15) is 57.1 Å². The molecule has 3 heteroatoms. The Kier molecular flexibility index (Phi) is 2.64. The van der Waals surface area contributed by atoms with Gasteiger partial charge in [0, 0.05) is 11.8 Å². The van der Waals surface area contributed by atoms with Crippen LogP contribution in [0.5, 0.6) is 0 Å². The first-order chi connectivity index (χ1) is 9.21. The summed E-state index contributed by atoms with van der Waals surface area (Å²) in [5, 5.41) is 7.05. The highest BCUT2D eigenvalue weighted by Crippen LogP contribution is 2.61. The van der Waals surface area contributed by atoms with E-state index >= 15 is 0 Å². The lowest BCUT2D eigenvalue weighted by molar-refractivity contribution is -0.0580. The molecule has 4 bridgehead atoms. The van der Waals surface area contributed by atoms with Crippen molar-refractivity contribution in [2.45, 2.75) is 57.8 Å². The molecule has 4 fully saturated rings. The normalized spacial score (nSPS) is 39.9. The minimum atomic E-state index is 0.629. The van der Waals surface area contributed by atoms with Crippen molar-refractivity contribution in [3.63, 3.8) is 0 Å². The molecule has 19 heavy (non-hydrogen) atoms. The molecular weight excluding hydrogens is 234 g/mol. The molecule has 1 heterocycles. The fraction of sp³-hybridized carbons (Fsp3) is 0.812. The van der Waals surface area contributed by atoms with E-state index in [0.29, 0.717) is 5.82 Å². The van der Waals surface area contributed by atoms with Gasteiger partial charge in [-0.25, -0.2) is 0 Å². The molecule has 0 spiro atoms. The maximum absolute atomic E-state index is 5.65. The Labute approximate surface area is 115 Å². The molecule has 0 amide bonds. The van der Waals surface area contributed by atoms with Crippen LogP contribution >= 0.6 is 0 Å². The lowest BCUT2D eigenvalue weighted by atomic mass is 9.48. The highest BCUT2D eigenvalue weighted by molar-refractivity contribution is 5.28. The van der Waals surface area contributed by atoms with Crippen molar-refractivity contribution in [1.29, 1.82) is 0 Å². The van der Waals surface area contributed by atoms with Crippen LogP contribution in [0.15, 0.2) is 6.07 Å². The van der Waals surface area contributed by atoms with Crippen molar-refractivity contribution < 1.29 is 0 Å². The molecule has 1 aromatic rings. The molecule has 4 saturated carbocycles. The summed E-state index contributed by atoms with van der Waals surface area (Å²) in [5.74, 6) is 3.86. The largest absolute Gasteiger partial charge is 0.382 e. The van der Waals surface area contributed by atoms with E-state index in [1.165, 1.54) is 37.8 Å². The van der Waals surface area contributed by atoms with Crippen LogP contribution in [0.25, 0.3) is 0 Å². The molecule has 0 aliphatic heterocycles. The van der Waals surface area contributed by atoms with E-state index in [9.17, 15) is 0 Å². The maximum atomic E-state index is 5.65. The van der Waals surface area contributed by atoms with E-state index in [-0.39, 0.29) is 0 Å². The predicted octanol–water partition coefficient (Wildman–Crippen LogP) is 3.53. The van der Waals surface area contributed by atoms with Crippen molar-refractivity contribution in [2.75, 3.05) is 5.73 Å². The Balaban J connectivity index is 1.37. The lowest BCUT2D eigenvalue weighted by Gasteiger charge is -2.57. The van der Waals surface area contributed by atoms with Gasteiger partial charge in [0.1, 0.15) is 5.82 Å². The second-order valence-electron chi connectivity index (χ2n) is 7.59. The zero-order valence-electron chi connectivity index (χ0n) is 11.7. The average Bonchev–Trinajstić information content (AvgIpc) is 2.73. The van der Waals surface area contributed by atoms with Crippen LogP contribution in [-0.4, -0.2) is 10.2 Å². The van der Waals surface area contributed by atoms with Crippen molar-refractivity contribution >= 4 is 5.82 Å². The fourth-order valence-corrected chi connectivity index (χ4v) is 5.76. The number of aromatic amines is 1. The molecule has 0 aromatic carbocycles. The van der Waals surface area contributed by atoms with Crippen LogP contribution < -0.4 is 5.73 Å². The third kappa shape index (κ3) is 2.17. The SMILES string of the molecule is Nc1cc(CCCC23CC4CC(CC(C4)C2)C3)[nH]n1. The molecular formula is C16H25N3. The van der Waals surface area contributed by atoms with Crippen LogP contribution in [0.2, 0.25) is 0 Å². The second kappa shape index (κ2) is 4.26. The first-order valence-electron chi connectivity index (χ1n) is 8.01. The molecule has 1 aromatic heterocycles. The number of H-pyrrole nitrogens is 1. The molecule has 3 N–H and O–H groups in total. The fourth-order valence-electron chi connectivity index (χ4n) is 5.76. The maximum Gasteiger partial charge on any atom is 0.145 e. The Bertz CT molecular complexity index is 427.